The van der Waals surface area contributed by atoms with E-state index >= 15 is 0 Å². The molecular weight excluding hydrogens is 167 g/mol. The summed E-state index contributed by atoms with van der Waals surface area (Å²) in [7, 11) is 0. The van der Waals surface area contributed by atoms with Crippen molar-refractivity contribution in [3.8, 4) is 0 Å². The van der Waals surface area contributed by atoms with E-state index in [1.54, 1.807) is 0 Å². The Labute approximate surface area is 67.8 Å². The lowest BCUT2D eigenvalue weighted by Crippen LogP contribution is -1.85. The molecule has 0 radical (unpaired) electrons. The molecule has 1 rings (SSSR count). The highest BCUT2D eigenvalue weighted by atomic mass is 32.2. The number of alkyl halides is 1. The molecule has 6 heteroatoms. The maximum atomic E-state index is 11.6. The van der Waals surface area contributed by atoms with Crippen LogP contribution in [0.25, 0.3) is 0 Å². The number of hydrogen-bond acceptors (Lipinski definition) is 4. The average molecular weight is 176 g/mol. The summed E-state index contributed by atoms with van der Waals surface area (Å²) in [6.45, 7) is -0.299. The van der Waals surface area contributed by atoms with Crippen molar-refractivity contribution in [1.82, 2.24) is 15.2 Å². The highest BCUT2D eigenvalue weighted by Gasteiger charge is 1.99. The molecule has 0 aromatic carbocycles. The maximum Gasteiger partial charge on any atom is 0.216 e. The van der Waals surface area contributed by atoms with Gasteiger partial charge in [0.15, 0.2) is 0 Å². The van der Waals surface area contributed by atoms with Crippen LogP contribution in [0.1, 0.15) is 6.42 Å². The third kappa shape index (κ3) is 2.75. The number of nitrogens with zero attached hydrogens (tertiary/aromatic N) is 2. The highest BCUT2D eigenvalue weighted by Crippen LogP contribution is 2.13. The quantitative estimate of drug-likeness (QED) is 0.527. The topological polar surface area (TPSA) is 67.6 Å². The van der Waals surface area contributed by atoms with Crippen LogP contribution in [0.2, 0.25) is 0 Å². The molecule has 0 bridgehead atoms. The fraction of sp³-hybridized carbons (Fsp3) is 0.600. The fourth-order valence-electron chi connectivity index (χ4n) is 0.541. The van der Waals surface area contributed by atoms with E-state index in [-0.39, 0.29) is 6.67 Å². The summed E-state index contributed by atoms with van der Waals surface area (Å²) in [6, 6.07) is 0. The van der Waals surface area contributed by atoms with Crippen molar-refractivity contribution >= 4 is 17.7 Å². The van der Waals surface area contributed by atoms with E-state index in [2.05, 4.69) is 15.2 Å². The lowest BCUT2D eigenvalue weighted by atomic mass is 10.6. The Kier molecular flexibility index (Phi) is 3.15. The van der Waals surface area contributed by atoms with Gasteiger partial charge in [0.2, 0.25) is 11.1 Å². The minimum absolute atomic E-state index is 0.299. The molecule has 62 valence electrons. The van der Waals surface area contributed by atoms with Gasteiger partial charge >= 0.3 is 0 Å². The predicted molar refractivity (Wildman–Crippen MR) is 42.1 cm³/mol. The SMILES string of the molecule is Nc1nc(SCCCF)n[nH]1. The Balaban J connectivity index is 2.27. The van der Waals surface area contributed by atoms with E-state index in [1.807, 2.05) is 0 Å². The summed E-state index contributed by atoms with van der Waals surface area (Å²) in [6.07, 6.45) is 0.527. The molecule has 1 aromatic heterocycles. The van der Waals surface area contributed by atoms with Gasteiger partial charge in [-0.15, -0.1) is 5.10 Å². The molecule has 4 nitrogen and oxygen atoms in total. The number of nitrogens with two attached hydrogens (primary N) is 1. The molecule has 0 aliphatic heterocycles. The first-order valence-electron chi connectivity index (χ1n) is 3.19. The number of aromatic nitrogens is 3. The van der Waals surface area contributed by atoms with Gasteiger partial charge in [-0.2, -0.15) is 4.98 Å². The van der Waals surface area contributed by atoms with Crippen molar-refractivity contribution in [3.63, 3.8) is 0 Å². The smallest absolute Gasteiger partial charge is 0.216 e. The fourth-order valence-corrected chi connectivity index (χ4v) is 1.25. The molecule has 0 spiro atoms. The zero-order valence-corrected chi connectivity index (χ0v) is 6.70. The lowest BCUT2D eigenvalue weighted by molar-refractivity contribution is 0.489. The molecule has 0 fully saturated rings. The van der Waals surface area contributed by atoms with E-state index in [9.17, 15) is 4.39 Å². The Morgan fingerprint density at radius 2 is 2.45 bits per heavy atom. The Bertz CT molecular complexity index is 214. The van der Waals surface area contributed by atoms with Crippen molar-refractivity contribution in [1.29, 1.82) is 0 Å². The zero-order valence-electron chi connectivity index (χ0n) is 5.88. The zero-order chi connectivity index (χ0) is 8.10. The van der Waals surface area contributed by atoms with Crippen LogP contribution in [0.4, 0.5) is 10.3 Å². The van der Waals surface area contributed by atoms with Gasteiger partial charge in [0.25, 0.3) is 0 Å². The molecule has 0 atom stereocenters. The first kappa shape index (κ1) is 8.32. The second kappa shape index (κ2) is 4.17. The van der Waals surface area contributed by atoms with Gasteiger partial charge in [-0.25, -0.2) is 5.10 Å². The van der Waals surface area contributed by atoms with E-state index in [0.29, 0.717) is 23.3 Å². The number of nitrogens with one attached hydrogen (secondary N) is 1. The van der Waals surface area contributed by atoms with Crippen molar-refractivity contribution in [3.05, 3.63) is 0 Å². The summed E-state index contributed by atoms with van der Waals surface area (Å²) in [5.74, 6) is 0.987. The second-order valence-electron chi connectivity index (χ2n) is 1.89. The third-order valence-electron chi connectivity index (χ3n) is 0.991. The first-order chi connectivity index (χ1) is 5.33. The molecule has 0 aliphatic carbocycles. The van der Waals surface area contributed by atoms with Gasteiger partial charge < -0.3 is 5.73 Å². The number of halogens is 1. The van der Waals surface area contributed by atoms with Crippen molar-refractivity contribution < 1.29 is 4.39 Å². The van der Waals surface area contributed by atoms with Gasteiger partial charge in [-0.1, -0.05) is 11.8 Å². The molecular formula is C5H9FN4S. The van der Waals surface area contributed by atoms with Gasteiger partial charge in [-0.05, 0) is 6.42 Å². The second-order valence-corrected chi connectivity index (χ2v) is 2.96. The number of rotatable bonds is 4. The number of anilines is 1. The monoisotopic (exact) mass is 176 g/mol. The van der Waals surface area contributed by atoms with Crippen molar-refractivity contribution in [2.75, 3.05) is 18.2 Å². The lowest BCUT2D eigenvalue weighted by Gasteiger charge is -1.90. The Morgan fingerprint density at radius 3 is 3.00 bits per heavy atom. The molecule has 1 heterocycles. The van der Waals surface area contributed by atoms with Gasteiger partial charge in [0, 0.05) is 5.75 Å². The van der Waals surface area contributed by atoms with Crippen LogP contribution in [0.5, 0.6) is 0 Å². The maximum absolute atomic E-state index is 11.6. The number of nitrogen functional groups attached to an aromatic ring is 1. The predicted octanol–water partition coefficient (Wildman–Crippen LogP) is 0.839. The van der Waals surface area contributed by atoms with Crippen molar-refractivity contribution in [2.45, 2.75) is 11.6 Å². The molecule has 1 aromatic rings. The largest absolute Gasteiger partial charge is 0.368 e. The van der Waals surface area contributed by atoms with Gasteiger partial charge in [-0.3, -0.25) is 4.39 Å². The van der Waals surface area contributed by atoms with Crippen LogP contribution in [0.15, 0.2) is 5.16 Å². The number of H-pyrrole nitrogens is 1. The Morgan fingerprint density at radius 1 is 1.64 bits per heavy atom. The highest BCUT2D eigenvalue weighted by molar-refractivity contribution is 7.99. The molecule has 0 saturated carbocycles. The van der Waals surface area contributed by atoms with Crippen molar-refractivity contribution in [2.24, 2.45) is 0 Å². The Hall–Kier alpha value is -0.780. The molecule has 3 N–H and O–H groups in total. The summed E-state index contributed by atoms with van der Waals surface area (Å²) in [4.78, 5) is 3.83. The minimum atomic E-state index is -0.299. The standard InChI is InChI=1S/C5H9FN4S/c6-2-1-3-11-5-8-4(7)9-10-5/h1-3H2,(H3,7,8,9,10). The average Bonchev–Trinajstić information content (AvgIpc) is 2.37. The van der Waals surface area contributed by atoms with Crippen LogP contribution >= 0.6 is 11.8 Å². The van der Waals surface area contributed by atoms with E-state index in [1.165, 1.54) is 11.8 Å². The van der Waals surface area contributed by atoms with Crippen LogP contribution < -0.4 is 5.73 Å². The van der Waals surface area contributed by atoms with Gasteiger partial charge in [0.05, 0.1) is 6.67 Å². The summed E-state index contributed by atoms with van der Waals surface area (Å²) < 4.78 is 11.6. The van der Waals surface area contributed by atoms with Gasteiger partial charge in [0.1, 0.15) is 0 Å². The van der Waals surface area contributed by atoms with E-state index in [4.69, 9.17) is 5.73 Å². The molecule has 0 unspecified atom stereocenters. The summed E-state index contributed by atoms with van der Waals surface area (Å²) in [5, 5.41) is 6.84. The van der Waals surface area contributed by atoms with E-state index in [0.717, 1.165) is 0 Å². The number of hydrogen-bond donors (Lipinski definition) is 2. The van der Waals surface area contributed by atoms with Crippen LogP contribution in [0, 0.1) is 0 Å². The number of thioether (sulfide) groups is 1. The summed E-state index contributed by atoms with van der Waals surface area (Å²) in [5.41, 5.74) is 5.27. The molecule has 11 heavy (non-hydrogen) atoms. The summed E-state index contributed by atoms with van der Waals surface area (Å²) >= 11 is 1.39. The molecule has 0 saturated heterocycles. The van der Waals surface area contributed by atoms with Crippen LogP contribution in [-0.4, -0.2) is 27.6 Å². The first-order valence-corrected chi connectivity index (χ1v) is 4.18. The van der Waals surface area contributed by atoms with Crippen LogP contribution in [-0.2, 0) is 0 Å². The number of aromatic amines is 1. The van der Waals surface area contributed by atoms with Crippen LogP contribution in [0.3, 0.4) is 0 Å². The minimum Gasteiger partial charge on any atom is -0.368 e. The molecule has 0 amide bonds. The normalized spacial score (nSPS) is 10.3. The van der Waals surface area contributed by atoms with E-state index < -0.39 is 0 Å². The molecule has 0 aliphatic rings. The third-order valence-corrected chi connectivity index (χ3v) is 1.92.